The van der Waals surface area contributed by atoms with Crippen LogP contribution in [-0.4, -0.2) is 17.6 Å². The lowest BCUT2D eigenvalue weighted by atomic mass is 10.1. The first-order valence-corrected chi connectivity index (χ1v) is 8.14. The van der Waals surface area contributed by atoms with Gasteiger partial charge < -0.3 is 15.2 Å². The molecule has 0 atom stereocenters. The molecule has 0 bridgehead atoms. The van der Waals surface area contributed by atoms with Gasteiger partial charge in [-0.15, -0.1) is 0 Å². The topological polar surface area (TPSA) is 82.3 Å². The summed E-state index contributed by atoms with van der Waals surface area (Å²) in [5.74, 6) is -1.43. The number of anilines is 1. The molecule has 5 nitrogen and oxygen atoms in total. The highest BCUT2D eigenvalue weighted by molar-refractivity contribution is 6.32. The summed E-state index contributed by atoms with van der Waals surface area (Å²) in [7, 11) is 0. The molecule has 26 heavy (non-hydrogen) atoms. The zero-order valence-corrected chi connectivity index (χ0v) is 15.0. The molecule has 134 valence electrons. The van der Waals surface area contributed by atoms with Gasteiger partial charge >= 0.3 is 0 Å². The molecule has 8 heteroatoms. The van der Waals surface area contributed by atoms with Gasteiger partial charge in [0.15, 0.2) is 11.5 Å². The van der Waals surface area contributed by atoms with Crippen molar-refractivity contribution in [1.82, 2.24) is 0 Å². The van der Waals surface area contributed by atoms with Gasteiger partial charge in [-0.25, -0.2) is 4.39 Å². The predicted molar refractivity (Wildman–Crippen MR) is 97.9 cm³/mol. The summed E-state index contributed by atoms with van der Waals surface area (Å²) >= 11 is 11.6. The first-order valence-electron chi connectivity index (χ1n) is 7.39. The lowest BCUT2D eigenvalue weighted by Crippen LogP contribution is -2.13. The van der Waals surface area contributed by atoms with Crippen LogP contribution in [0, 0.1) is 17.1 Å². The molecular formula is C18H13Cl2FN2O3. The Morgan fingerprint density at radius 2 is 2.08 bits per heavy atom. The van der Waals surface area contributed by atoms with Gasteiger partial charge in [-0.05, 0) is 48.9 Å². The van der Waals surface area contributed by atoms with Crippen LogP contribution in [0.3, 0.4) is 0 Å². The van der Waals surface area contributed by atoms with Gasteiger partial charge in [0.05, 0.1) is 16.7 Å². The molecule has 0 aliphatic carbocycles. The van der Waals surface area contributed by atoms with Gasteiger partial charge in [0.25, 0.3) is 5.91 Å². The lowest BCUT2D eigenvalue weighted by molar-refractivity contribution is -0.112. The van der Waals surface area contributed by atoms with E-state index in [9.17, 15) is 19.6 Å². The highest BCUT2D eigenvalue weighted by Gasteiger charge is 2.13. The number of halogens is 3. The van der Waals surface area contributed by atoms with Crippen LogP contribution in [0.4, 0.5) is 10.1 Å². The Morgan fingerprint density at radius 1 is 1.35 bits per heavy atom. The van der Waals surface area contributed by atoms with Crippen molar-refractivity contribution in [2.75, 3.05) is 11.9 Å². The molecule has 0 aromatic heterocycles. The number of amides is 1. The van der Waals surface area contributed by atoms with E-state index in [1.54, 1.807) is 13.0 Å². The number of hydrogen-bond donors (Lipinski definition) is 2. The van der Waals surface area contributed by atoms with Crippen molar-refractivity contribution < 1.29 is 19.0 Å². The second-order valence-corrected chi connectivity index (χ2v) is 5.85. The molecule has 0 radical (unpaired) electrons. The van der Waals surface area contributed by atoms with Crippen LogP contribution in [-0.2, 0) is 4.79 Å². The first kappa shape index (κ1) is 19.6. The normalized spacial score (nSPS) is 11.0. The van der Waals surface area contributed by atoms with Crippen molar-refractivity contribution in [3.05, 3.63) is 57.3 Å². The van der Waals surface area contributed by atoms with Gasteiger partial charge in [0, 0.05) is 5.69 Å². The molecule has 0 fully saturated rings. The predicted octanol–water partition coefficient (Wildman–Crippen LogP) is 4.78. The second-order valence-electron chi connectivity index (χ2n) is 5.04. The van der Waals surface area contributed by atoms with E-state index in [-0.39, 0.29) is 32.8 Å². The Hall–Kier alpha value is -2.75. The standard InChI is InChI=1S/C18H13Cl2FN2O3/c1-2-26-16-7-10(6-14(20)17(16)24)5-11(9-22)18(25)23-12-3-4-15(21)13(19)8-12/h3-8,24H,2H2,1H3,(H,23,25)/b11-5+. The Kier molecular flexibility index (Phi) is 6.45. The minimum absolute atomic E-state index is 0.0187. The number of nitriles is 1. The van der Waals surface area contributed by atoms with Gasteiger partial charge in [0.1, 0.15) is 17.5 Å². The third-order valence-electron chi connectivity index (χ3n) is 3.20. The van der Waals surface area contributed by atoms with Crippen LogP contribution < -0.4 is 10.1 Å². The maximum absolute atomic E-state index is 13.2. The molecular weight excluding hydrogens is 382 g/mol. The number of nitrogens with one attached hydrogen (secondary N) is 1. The number of nitrogens with zero attached hydrogens (tertiary/aromatic N) is 1. The maximum Gasteiger partial charge on any atom is 0.266 e. The van der Waals surface area contributed by atoms with E-state index in [4.69, 9.17) is 27.9 Å². The fourth-order valence-corrected chi connectivity index (χ4v) is 2.43. The van der Waals surface area contributed by atoms with Gasteiger partial charge in [-0.2, -0.15) is 5.26 Å². The van der Waals surface area contributed by atoms with E-state index in [0.717, 1.165) is 6.07 Å². The van der Waals surface area contributed by atoms with Crippen LogP contribution in [0.1, 0.15) is 12.5 Å². The monoisotopic (exact) mass is 394 g/mol. The molecule has 0 aliphatic rings. The number of benzene rings is 2. The Balaban J connectivity index is 2.30. The smallest absolute Gasteiger partial charge is 0.266 e. The summed E-state index contributed by atoms with van der Waals surface area (Å²) in [4.78, 5) is 12.3. The Bertz CT molecular complexity index is 923. The number of carbonyl (C=O) groups excluding carboxylic acids is 1. The number of rotatable bonds is 5. The van der Waals surface area contributed by atoms with Crippen LogP contribution in [0.15, 0.2) is 35.9 Å². The lowest BCUT2D eigenvalue weighted by Gasteiger charge is -2.09. The maximum atomic E-state index is 13.2. The molecule has 0 saturated heterocycles. The van der Waals surface area contributed by atoms with Crippen LogP contribution in [0.2, 0.25) is 10.0 Å². The van der Waals surface area contributed by atoms with Gasteiger partial charge in [0.2, 0.25) is 0 Å². The fourth-order valence-electron chi connectivity index (χ4n) is 2.03. The molecule has 2 rings (SSSR count). The number of phenolic OH excluding ortho intramolecular Hbond substituents is 1. The fraction of sp³-hybridized carbons (Fsp3) is 0.111. The SMILES string of the molecule is CCOc1cc(/C=C(\C#N)C(=O)Nc2ccc(F)c(Cl)c2)cc(Cl)c1O. The van der Waals surface area contributed by atoms with E-state index in [0.29, 0.717) is 12.2 Å². The van der Waals surface area contributed by atoms with Gasteiger partial charge in [-0.1, -0.05) is 23.2 Å². The van der Waals surface area contributed by atoms with Crippen molar-refractivity contribution >= 4 is 40.9 Å². The van der Waals surface area contributed by atoms with E-state index >= 15 is 0 Å². The Morgan fingerprint density at radius 3 is 2.69 bits per heavy atom. The van der Waals surface area contributed by atoms with Crippen LogP contribution in [0.25, 0.3) is 6.08 Å². The summed E-state index contributed by atoms with van der Waals surface area (Å²) in [5.41, 5.74) is 0.399. The number of phenols is 1. The van der Waals surface area contributed by atoms with Crippen molar-refractivity contribution in [2.45, 2.75) is 6.92 Å². The average molecular weight is 395 g/mol. The van der Waals surface area contributed by atoms with E-state index in [1.165, 1.54) is 30.3 Å². The Labute approximate surface area is 159 Å². The largest absolute Gasteiger partial charge is 0.503 e. The zero-order chi connectivity index (χ0) is 19.3. The minimum Gasteiger partial charge on any atom is -0.503 e. The molecule has 0 heterocycles. The molecule has 2 aromatic carbocycles. The van der Waals surface area contributed by atoms with Crippen molar-refractivity contribution in [3.8, 4) is 17.6 Å². The molecule has 2 aromatic rings. The summed E-state index contributed by atoms with van der Waals surface area (Å²) in [6, 6.07) is 8.26. The number of ether oxygens (including phenoxy) is 1. The molecule has 2 N–H and O–H groups in total. The number of hydrogen-bond acceptors (Lipinski definition) is 4. The third-order valence-corrected chi connectivity index (χ3v) is 3.78. The highest BCUT2D eigenvalue weighted by atomic mass is 35.5. The highest BCUT2D eigenvalue weighted by Crippen LogP contribution is 2.35. The average Bonchev–Trinajstić information content (AvgIpc) is 2.60. The van der Waals surface area contributed by atoms with Crippen molar-refractivity contribution in [3.63, 3.8) is 0 Å². The number of aromatic hydroxyl groups is 1. The molecule has 0 saturated carbocycles. The molecule has 0 aliphatic heterocycles. The second kappa shape index (κ2) is 8.56. The van der Waals surface area contributed by atoms with E-state index in [1.807, 2.05) is 0 Å². The molecule has 0 unspecified atom stereocenters. The summed E-state index contributed by atoms with van der Waals surface area (Å²) < 4.78 is 18.4. The van der Waals surface area contributed by atoms with Crippen LogP contribution in [0.5, 0.6) is 11.5 Å². The first-order chi connectivity index (χ1) is 12.3. The molecule has 0 spiro atoms. The van der Waals surface area contributed by atoms with Crippen molar-refractivity contribution in [1.29, 1.82) is 5.26 Å². The summed E-state index contributed by atoms with van der Waals surface area (Å²) in [6.45, 7) is 2.03. The van der Waals surface area contributed by atoms with E-state index in [2.05, 4.69) is 5.32 Å². The quantitative estimate of drug-likeness (QED) is 0.564. The van der Waals surface area contributed by atoms with E-state index < -0.39 is 11.7 Å². The third kappa shape index (κ3) is 4.66. The summed E-state index contributed by atoms with van der Waals surface area (Å²) in [5, 5.41) is 21.4. The summed E-state index contributed by atoms with van der Waals surface area (Å²) in [6.07, 6.45) is 1.29. The number of carbonyl (C=O) groups is 1. The van der Waals surface area contributed by atoms with Gasteiger partial charge in [-0.3, -0.25) is 4.79 Å². The molecule has 1 amide bonds. The zero-order valence-electron chi connectivity index (χ0n) is 13.5. The minimum atomic E-state index is -0.711. The van der Waals surface area contributed by atoms with Crippen molar-refractivity contribution in [2.24, 2.45) is 0 Å². The van der Waals surface area contributed by atoms with Crippen LogP contribution >= 0.6 is 23.2 Å².